The fourth-order valence-corrected chi connectivity index (χ4v) is 3.91. The molecule has 2 amide bonds. The molecular formula is C24H15ClF3N5O3. The van der Waals surface area contributed by atoms with Gasteiger partial charge in [-0.1, -0.05) is 16.8 Å². The fourth-order valence-electron chi connectivity index (χ4n) is 3.69. The summed E-state index contributed by atoms with van der Waals surface area (Å²) in [7, 11) is 0. The predicted octanol–water partition coefficient (Wildman–Crippen LogP) is 6.29. The van der Waals surface area contributed by atoms with Crippen molar-refractivity contribution in [3.63, 3.8) is 0 Å². The monoisotopic (exact) mass is 513 g/mol. The Labute approximate surface area is 205 Å². The van der Waals surface area contributed by atoms with Crippen LogP contribution in [-0.4, -0.2) is 20.7 Å². The van der Waals surface area contributed by atoms with E-state index < -0.39 is 28.5 Å². The second-order valence-corrected chi connectivity index (χ2v) is 8.13. The first-order valence-electron chi connectivity index (χ1n) is 10.4. The van der Waals surface area contributed by atoms with E-state index in [0.717, 1.165) is 28.7 Å². The van der Waals surface area contributed by atoms with Crippen LogP contribution in [0.4, 0.5) is 29.3 Å². The van der Waals surface area contributed by atoms with Gasteiger partial charge in [0.25, 0.3) is 0 Å². The largest absolute Gasteiger partial charge is 0.439 e. The number of halogens is 4. The van der Waals surface area contributed by atoms with Gasteiger partial charge in [0.05, 0.1) is 16.1 Å². The van der Waals surface area contributed by atoms with Gasteiger partial charge in [0, 0.05) is 34.2 Å². The first-order valence-corrected chi connectivity index (χ1v) is 10.8. The number of hydrogen-bond acceptors (Lipinski definition) is 4. The van der Waals surface area contributed by atoms with Crippen LogP contribution in [0.25, 0.3) is 28.0 Å². The third kappa shape index (κ3) is 4.68. The predicted molar refractivity (Wildman–Crippen MR) is 128 cm³/mol. The molecule has 12 heteroatoms. The van der Waals surface area contributed by atoms with Gasteiger partial charge in [-0.25, -0.2) is 9.59 Å². The summed E-state index contributed by atoms with van der Waals surface area (Å²) in [5.41, 5.74) is 1.76. The van der Waals surface area contributed by atoms with Gasteiger partial charge in [-0.05, 0) is 66.7 Å². The molecule has 0 fully saturated rings. The first kappa shape index (κ1) is 23.2. The van der Waals surface area contributed by atoms with Crippen molar-refractivity contribution >= 4 is 39.9 Å². The third-order valence-corrected chi connectivity index (χ3v) is 5.67. The van der Waals surface area contributed by atoms with Crippen molar-refractivity contribution in [3.8, 4) is 17.1 Å². The SMILES string of the molecule is O=C(Nc1ccc(-n2ccc3cc(-c4noc(=O)[nH]4)ccc32)cc1)Nc1ccc(Cl)c(C(F)(F)F)c1. The van der Waals surface area contributed by atoms with Crippen molar-refractivity contribution in [2.24, 2.45) is 0 Å². The number of aromatic nitrogens is 3. The van der Waals surface area contributed by atoms with Crippen LogP contribution < -0.4 is 16.4 Å². The number of carbonyl (C=O) groups excluding carboxylic acids is 1. The molecule has 3 aromatic carbocycles. The molecule has 0 radical (unpaired) electrons. The normalized spacial score (nSPS) is 11.6. The van der Waals surface area contributed by atoms with Crippen molar-refractivity contribution in [1.29, 1.82) is 0 Å². The van der Waals surface area contributed by atoms with Crippen LogP contribution in [0.1, 0.15) is 5.56 Å². The van der Waals surface area contributed by atoms with Crippen LogP contribution in [0, 0.1) is 0 Å². The summed E-state index contributed by atoms with van der Waals surface area (Å²) < 4.78 is 45.6. The molecule has 0 spiro atoms. The van der Waals surface area contributed by atoms with Crippen LogP contribution in [0.2, 0.25) is 5.02 Å². The number of aromatic amines is 1. The van der Waals surface area contributed by atoms with Gasteiger partial charge in [0.1, 0.15) is 0 Å². The zero-order valence-electron chi connectivity index (χ0n) is 18.1. The minimum absolute atomic E-state index is 0.0475. The maximum Gasteiger partial charge on any atom is 0.439 e. The Morgan fingerprint density at radius 2 is 1.69 bits per heavy atom. The van der Waals surface area contributed by atoms with Gasteiger partial charge in [0.15, 0.2) is 5.82 Å². The number of amides is 2. The zero-order valence-corrected chi connectivity index (χ0v) is 18.8. The van der Waals surface area contributed by atoms with Crippen LogP contribution in [0.15, 0.2) is 82.2 Å². The van der Waals surface area contributed by atoms with E-state index in [-0.39, 0.29) is 5.69 Å². The summed E-state index contributed by atoms with van der Waals surface area (Å²) in [6, 6.07) is 16.7. The maximum absolute atomic E-state index is 13.0. The number of rotatable bonds is 4. The van der Waals surface area contributed by atoms with Crippen molar-refractivity contribution in [1.82, 2.24) is 14.7 Å². The van der Waals surface area contributed by atoms with Crippen molar-refractivity contribution in [2.75, 3.05) is 10.6 Å². The van der Waals surface area contributed by atoms with E-state index in [9.17, 15) is 22.8 Å². The van der Waals surface area contributed by atoms with Crippen molar-refractivity contribution in [2.45, 2.75) is 6.18 Å². The lowest BCUT2D eigenvalue weighted by molar-refractivity contribution is -0.137. The van der Waals surface area contributed by atoms with Gasteiger partial charge in [-0.3, -0.25) is 9.51 Å². The van der Waals surface area contributed by atoms with E-state index in [1.165, 1.54) is 6.07 Å². The smallest absolute Gasteiger partial charge is 0.317 e. The molecule has 5 aromatic rings. The number of H-pyrrole nitrogens is 1. The molecule has 2 aromatic heterocycles. The van der Waals surface area contributed by atoms with Crippen LogP contribution in [0.5, 0.6) is 0 Å². The quantitative estimate of drug-likeness (QED) is 0.262. The Morgan fingerprint density at radius 1 is 0.972 bits per heavy atom. The molecule has 0 aliphatic rings. The summed E-state index contributed by atoms with van der Waals surface area (Å²) in [4.78, 5) is 26.0. The number of anilines is 2. The number of carbonyl (C=O) groups is 1. The minimum atomic E-state index is -4.64. The summed E-state index contributed by atoms with van der Waals surface area (Å²) in [6.45, 7) is 0. The van der Waals surface area contributed by atoms with Gasteiger partial charge >= 0.3 is 18.0 Å². The van der Waals surface area contributed by atoms with Gasteiger partial charge in [0.2, 0.25) is 0 Å². The Kier molecular flexibility index (Phi) is 5.77. The molecule has 0 aliphatic carbocycles. The molecule has 0 bridgehead atoms. The summed E-state index contributed by atoms with van der Waals surface area (Å²) >= 11 is 5.61. The lowest BCUT2D eigenvalue weighted by Gasteiger charge is -2.13. The van der Waals surface area contributed by atoms with Crippen LogP contribution in [-0.2, 0) is 6.18 Å². The topological polar surface area (TPSA) is 105 Å². The highest BCUT2D eigenvalue weighted by Gasteiger charge is 2.33. The lowest BCUT2D eigenvalue weighted by Crippen LogP contribution is -2.20. The number of urea groups is 1. The van der Waals surface area contributed by atoms with E-state index in [0.29, 0.717) is 17.1 Å². The summed E-state index contributed by atoms with van der Waals surface area (Å²) in [6.07, 6.45) is -2.77. The molecule has 3 N–H and O–H groups in total. The van der Waals surface area contributed by atoms with E-state index in [1.807, 2.05) is 29.0 Å². The van der Waals surface area contributed by atoms with Gasteiger partial charge < -0.3 is 15.2 Å². The molecule has 0 atom stereocenters. The standard InChI is InChI=1S/C24H15ClF3N5O3/c25-19-7-4-16(12-18(19)24(26,27)28)30-22(34)29-15-2-5-17(6-3-15)33-10-9-13-11-14(1-8-20(13)33)21-31-23(35)36-32-21/h1-12H,(H2,29,30,34)(H,31,32,35). The highest BCUT2D eigenvalue weighted by atomic mass is 35.5. The first-order chi connectivity index (χ1) is 17.2. The third-order valence-electron chi connectivity index (χ3n) is 5.34. The summed E-state index contributed by atoms with van der Waals surface area (Å²) in [5, 5.41) is 9.09. The maximum atomic E-state index is 13.0. The van der Waals surface area contributed by atoms with E-state index >= 15 is 0 Å². The Balaban J connectivity index is 1.30. The fraction of sp³-hybridized carbons (Fsp3) is 0.0417. The van der Waals surface area contributed by atoms with Crippen molar-refractivity contribution < 1.29 is 22.5 Å². The molecule has 8 nitrogen and oxygen atoms in total. The molecule has 0 unspecified atom stereocenters. The molecule has 2 heterocycles. The van der Waals surface area contributed by atoms with Gasteiger partial charge in [-0.2, -0.15) is 13.2 Å². The molecule has 0 saturated carbocycles. The number of fused-ring (bicyclic) bond motifs is 1. The molecule has 5 rings (SSSR count). The number of alkyl halides is 3. The highest BCUT2D eigenvalue weighted by molar-refractivity contribution is 6.31. The van der Waals surface area contributed by atoms with Gasteiger partial charge in [-0.15, -0.1) is 0 Å². The Hall–Kier alpha value is -4.51. The second kappa shape index (κ2) is 8.93. The van der Waals surface area contributed by atoms with Crippen LogP contribution in [0.3, 0.4) is 0 Å². The molecular weight excluding hydrogens is 499 g/mol. The number of benzene rings is 3. The molecule has 0 aliphatic heterocycles. The zero-order chi connectivity index (χ0) is 25.4. The van der Waals surface area contributed by atoms with E-state index in [1.54, 1.807) is 30.3 Å². The average Bonchev–Trinajstić information content (AvgIpc) is 3.46. The van der Waals surface area contributed by atoms with E-state index in [2.05, 4.69) is 25.3 Å². The lowest BCUT2D eigenvalue weighted by atomic mass is 10.1. The summed E-state index contributed by atoms with van der Waals surface area (Å²) in [5.74, 6) is -0.305. The highest BCUT2D eigenvalue weighted by Crippen LogP contribution is 2.36. The van der Waals surface area contributed by atoms with E-state index in [4.69, 9.17) is 11.6 Å². The molecule has 36 heavy (non-hydrogen) atoms. The second-order valence-electron chi connectivity index (χ2n) is 7.72. The average molecular weight is 514 g/mol. The Morgan fingerprint density at radius 3 is 2.39 bits per heavy atom. The molecule has 182 valence electrons. The Bertz CT molecular complexity index is 1640. The molecule has 0 saturated heterocycles. The van der Waals surface area contributed by atoms with Crippen LogP contribution >= 0.6 is 11.6 Å². The minimum Gasteiger partial charge on any atom is -0.317 e. The number of nitrogens with one attached hydrogen (secondary N) is 3. The number of nitrogens with zero attached hydrogens (tertiary/aromatic N) is 2. The van der Waals surface area contributed by atoms with Crippen molar-refractivity contribution in [3.05, 3.63) is 94.1 Å². The number of hydrogen-bond donors (Lipinski definition) is 3.